The number of hydrogen-bond donors (Lipinski definition) is 2. The number of benzene rings is 2. The van der Waals surface area contributed by atoms with Gasteiger partial charge in [0.1, 0.15) is 30.2 Å². The monoisotopic (exact) mass is 404 g/mol. The van der Waals surface area contributed by atoms with E-state index in [1.807, 2.05) is 32.0 Å². The van der Waals surface area contributed by atoms with Crippen LogP contribution in [0, 0.1) is 19.7 Å². The summed E-state index contributed by atoms with van der Waals surface area (Å²) in [6.07, 6.45) is -4.76. The van der Waals surface area contributed by atoms with Crippen molar-refractivity contribution in [2.75, 3.05) is 13.2 Å². The second-order valence-corrected chi connectivity index (χ2v) is 7.52. The molecule has 29 heavy (non-hydrogen) atoms. The van der Waals surface area contributed by atoms with Gasteiger partial charge in [0.05, 0.1) is 13.2 Å². The number of hydrogen-bond acceptors (Lipinski definition) is 6. The Morgan fingerprint density at radius 3 is 2.52 bits per heavy atom. The molecule has 0 saturated carbocycles. The molecular formula is C22H25FO6. The van der Waals surface area contributed by atoms with E-state index in [1.54, 1.807) is 12.1 Å². The zero-order valence-electron chi connectivity index (χ0n) is 16.3. The second kappa shape index (κ2) is 8.47. The Labute approximate surface area is 168 Å². The molecule has 7 heteroatoms. The molecule has 0 bridgehead atoms. The summed E-state index contributed by atoms with van der Waals surface area (Å²) in [5, 5.41) is 19.9. The second-order valence-electron chi connectivity index (χ2n) is 7.52. The maximum absolute atomic E-state index is 13.6. The lowest BCUT2D eigenvalue weighted by Gasteiger charge is -2.47. The Bertz CT molecular complexity index is 859. The third-order valence-electron chi connectivity index (χ3n) is 5.45. The fourth-order valence-corrected chi connectivity index (χ4v) is 3.67. The fourth-order valence-electron chi connectivity index (χ4n) is 3.67. The maximum atomic E-state index is 13.6. The van der Waals surface area contributed by atoms with Crippen LogP contribution in [0.4, 0.5) is 4.39 Å². The van der Waals surface area contributed by atoms with Crippen LogP contribution >= 0.6 is 0 Å². The third kappa shape index (κ3) is 4.21. The molecule has 0 aromatic heterocycles. The van der Waals surface area contributed by atoms with Crippen LogP contribution in [0.25, 0.3) is 0 Å². The summed E-state index contributed by atoms with van der Waals surface area (Å²) in [4.78, 5) is 0. The van der Waals surface area contributed by atoms with Gasteiger partial charge in [-0.1, -0.05) is 30.3 Å². The summed E-state index contributed by atoms with van der Waals surface area (Å²) in [6.45, 7) is 3.76. The first-order chi connectivity index (χ1) is 14.0. The van der Waals surface area contributed by atoms with Crippen molar-refractivity contribution in [2.45, 2.75) is 50.8 Å². The van der Waals surface area contributed by atoms with Gasteiger partial charge in [-0.05, 0) is 37.1 Å². The lowest BCUT2D eigenvalue weighted by Crippen LogP contribution is -2.58. The summed E-state index contributed by atoms with van der Waals surface area (Å²) in [5.74, 6) is -0.415. The summed E-state index contributed by atoms with van der Waals surface area (Å²) >= 11 is 0. The first-order valence-electron chi connectivity index (χ1n) is 9.66. The van der Waals surface area contributed by atoms with Crippen molar-refractivity contribution in [3.05, 3.63) is 70.5 Å². The largest absolute Gasteiger partial charge is 0.394 e. The van der Waals surface area contributed by atoms with E-state index in [4.69, 9.17) is 18.9 Å². The van der Waals surface area contributed by atoms with Crippen LogP contribution in [0.1, 0.15) is 34.8 Å². The molecule has 2 aromatic carbocycles. The number of ether oxygens (including phenoxy) is 4. The standard InChI is InChI=1S/C22H25FO6/c1-12-6-7-15(8-13(12)2)21-26-11-18-20(29-21)19(17(25)10-24)28-22(27-18)14-4-3-5-16(23)9-14/h3-9,17-22,24-25H,10-11H2,1-2H3. The number of aliphatic hydroxyl groups is 2. The van der Waals surface area contributed by atoms with E-state index in [9.17, 15) is 14.6 Å². The molecule has 6 atom stereocenters. The molecule has 0 radical (unpaired) electrons. The zero-order valence-corrected chi connectivity index (χ0v) is 16.3. The molecule has 156 valence electrons. The van der Waals surface area contributed by atoms with E-state index in [1.165, 1.54) is 17.7 Å². The van der Waals surface area contributed by atoms with Crippen LogP contribution < -0.4 is 0 Å². The van der Waals surface area contributed by atoms with E-state index in [2.05, 4.69) is 0 Å². The van der Waals surface area contributed by atoms with Crippen LogP contribution in [0.2, 0.25) is 0 Å². The van der Waals surface area contributed by atoms with Crippen molar-refractivity contribution in [3.63, 3.8) is 0 Å². The fraction of sp³-hybridized carbons (Fsp3) is 0.455. The van der Waals surface area contributed by atoms with Gasteiger partial charge in [-0.15, -0.1) is 0 Å². The maximum Gasteiger partial charge on any atom is 0.185 e. The third-order valence-corrected chi connectivity index (χ3v) is 5.45. The van der Waals surface area contributed by atoms with Crippen molar-refractivity contribution < 1.29 is 33.6 Å². The van der Waals surface area contributed by atoms with E-state index >= 15 is 0 Å². The van der Waals surface area contributed by atoms with Crippen molar-refractivity contribution in [1.82, 2.24) is 0 Å². The Kier molecular flexibility index (Phi) is 5.96. The van der Waals surface area contributed by atoms with Gasteiger partial charge in [-0.3, -0.25) is 0 Å². The van der Waals surface area contributed by atoms with Gasteiger partial charge in [0.2, 0.25) is 0 Å². The summed E-state index contributed by atoms with van der Waals surface area (Å²) in [6, 6.07) is 11.8. The molecule has 2 aliphatic heterocycles. The van der Waals surface area contributed by atoms with E-state index in [0.717, 1.165) is 11.1 Å². The molecule has 2 aliphatic rings. The minimum atomic E-state index is -1.18. The first-order valence-corrected chi connectivity index (χ1v) is 9.66. The van der Waals surface area contributed by atoms with Crippen LogP contribution in [-0.2, 0) is 18.9 Å². The lowest BCUT2D eigenvalue weighted by molar-refractivity contribution is -0.373. The van der Waals surface area contributed by atoms with Gasteiger partial charge in [0.25, 0.3) is 0 Å². The summed E-state index contributed by atoms with van der Waals surface area (Å²) in [7, 11) is 0. The van der Waals surface area contributed by atoms with Crippen molar-refractivity contribution in [1.29, 1.82) is 0 Å². The number of aliphatic hydroxyl groups excluding tert-OH is 2. The topological polar surface area (TPSA) is 77.4 Å². The molecule has 6 nitrogen and oxygen atoms in total. The van der Waals surface area contributed by atoms with E-state index in [0.29, 0.717) is 5.56 Å². The van der Waals surface area contributed by atoms with Crippen LogP contribution in [0.15, 0.2) is 42.5 Å². The first kappa shape index (κ1) is 20.4. The smallest absolute Gasteiger partial charge is 0.185 e. The van der Waals surface area contributed by atoms with Crippen LogP contribution in [0.3, 0.4) is 0 Å². The number of fused-ring (bicyclic) bond motifs is 1. The molecule has 4 rings (SSSR count). The van der Waals surface area contributed by atoms with Crippen LogP contribution in [0.5, 0.6) is 0 Å². The Balaban J connectivity index is 1.57. The van der Waals surface area contributed by atoms with Gasteiger partial charge in [-0.2, -0.15) is 0 Å². The molecule has 0 amide bonds. The average Bonchev–Trinajstić information content (AvgIpc) is 2.74. The minimum Gasteiger partial charge on any atom is -0.394 e. The molecule has 0 aliphatic carbocycles. The highest BCUT2D eigenvalue weighted by Gasteiger charge is 2.48. The van der Waals surface area contributed by atoms with E-state index in [-0.39, 0.29) is 6.61 Å². The molecule has 0 spiro atoms. The van der Waals surface area contributed by atoms with Crippen molar-refractivity contribution >= 4 is 0 Å². The Hall–Kier alpha value is -1.87. The predicted octanol–water partition coefficient (Wildman–Crippen LogP) is 2.69. The zero-order chi connectivity index (χ0) is 20.5. The Morgan fingerprint density at radius 1 is 1.00 bits per heavy atom. The number of aryl methyl sites for hydroxylation is 2. The van der Waals surface area contributed by atoms with Gasteiger partial charge in [-0.25, -0.2) is 4.39 Å². The molecule has 6 unspecified atom stereocenters. The quantitative estimate of drug-likeness (QED) is 0.816. The summed E-state index contributed by atoms with van der Waals surface area (Å²) in [5.41, 5.74) is 3.62. The molecule has 2 heterocycles. The van der Waals surface area contributed by atoms with Crippen LogP contribution in [-0.4, -0.2) is 47.8 Å². The van der Waals surface area contributed by atoms with E-state index < -0.39 is 49.4 Å². The SMILES string of the molecule is Cc1ccc(C2OCC3OC(c4cccc(F)c4)OC(C(O)CO)C3O2)cc1C. The highest BCUT2D eigenvalue weighted by Crippen LogP contribution is 2.39. The number of halogens is 1. The van der Waals surface area contributed by atoms with Gasteiger partial charge in [0, 0.05) is 11.1 Å². The lowest BCUT2D eigenvalue weighted by atomic mass is 9.99. The Morgan fingerprint density at radius 2 is 1.79 bits per heavy atom. The number of rotatable bonds is 4. The predicted molar refractivity (Wildman–Crippen MR) is 101 cm³/mol. The highest BCUT2D eigenvalue weighted by molar-refractivity contribution is 5.30. The highest BCUT2D eigenvalue weighted by atomic mass is 19.1. The van der Waals surface area contributed by atoms with Crippen molar-refractivity contribution in [3.8, 4) is 0 Å². The minimum absolute atomic E-state index is 0.214. The molecule has 2 saturated heterocycles. The van der Waals surface area contributed by atoms with Gasteiger partial charge >= 0.3 is 0 Å². The summed E-state index contributed by atoms with van der Waals surface area (Å²) < 4.78 is 37.5. The van der Waals surface area contributed by atoms with Gasteiger partial charge in [0.15, 0.2) is 12.6 Å². The normalized spacial score (nSPS) is 30.6. The molecular weight excluding hydrogens is 379 g/mol. The van der Waals surface area contributed by atoms with Crippen molar-refractivity contribution in [2.24, 2.45) is 0 Å². The molecule has 2 N–H and O–H groups in total. The van der Waals surface area contributed by atoms with Gasteiger partial charge < -0.3 is 29.2 Å². The molecule has 2 aromatic rings. The average molecular weight is 404 g/mol. The molecule has 2 fully saturated rings.